The highest BCUT2D eigenvalue weighted by atomic mass is 127. The van der Waals surface area contributed by atoms with Gasteiger partial charge in [-0.3, -0.25) is 9.69 Å². The van der Waals surface area contributed by atoms with Crippen molar-refractivity contribution in [3.05, 3.63) is 56.1 Å². The first kappa shape index (κ1) is 15.5. The Morgan fingerprint density at radius 3 is 2.82 bits per heavy atom. The van der Waals surface area contributed by atoms with Crippen LogP contribution in [-0.4, -0.2) is 40.5 Å². The first-order chi connectivity index (χ1) is 10.6. The van der Waals surface area contributed by atoms with Crippen molar-refractivity contribution in [2.45, 2.75) is 19.5 Å². The maximum Gasteiger partial charge on any atom is 0.266 e. The SMILES string of the molecule is CC1CN(Cc2ccccc2)CCN1c1nc[nH]c(=O)c1I. The van der Waals surface area contributed by atoms with Crippen LogP contribution in [-0.2, 0) is 6.54 Å². The van der Waals surface area contributed by atoms with Crippen LogP contribution in [0.3, 0.4) is 0 Å². The molecule has 0 amide bonds. The third-order valence-corrected chi connectivity index (χ3v) is 4.98. The monoisotopic (exact) mass is 410 g/mol. The molecule has 6 heteroatoms. The molecule has 1 aliphatic rings. The summed E-state index contributed by atoms with van der Waals surface area (Å²) in [4.78, 5) is 23.4. The molecule has 22 heavy (non-hydrogen) atoms. The van der Waals surface area contributed by atoms with Gasteiger partial charge in [0.15, 0.2) is 0 Å². The van der Waals surface area contributed by atoms with Gasteiger partial charge in [-0.25, -0.2) is 4.98 Å². The lowest BCUT2D eigenvalue weighted by molar-refractivity contribution is 0.220. The minimum absolute atomic E-state index is 0.0653. The molecule has 0 aliphatic carbocycles. The molecule has 1 atom stereocenters. The Hall–Kier alpha value is -1.41. The number of piperazine rings is 1. The van der Waals surface area contributed by atoms with E-state index >= 15 is 0 Å². The van der Waals surface area contributed by atoms with E-state index in [1.165, 1.54) is 11.9 Å². The molecule has 1 aromatic heterocycles. The number of anilines is 1. The van der Waals surface area contributed by atoms with Gasteiger partial charge >= 0.3 is 0 Å². The van der Waals surface area contributed by atoms with Crippen LogP contribution in [0.5, 0.6) is 0 Å². The lowest BCUT2D eigenvalue weighted by Crippen LogP contribution is -2.52. The number of halogens is 1. The zero-order valence-corrected chi connectivity index (χ0v) is 14.7. The molecule has 5 nitrogen and oxygen atoms in total. The second-order valence-corrected chi connectivity index (χ2v) is 6.71. The number of aromatic nitrogens is 2. The van der Waals surface area contributed by atoms with Crippen molar-refractivity contribution < 1.29 is 0 Å². The Balaban J connectivity index is 1.70. The number of rotatable bonds is 3. The third-order valence-electron chi connectivity index (χ3n) is 4.01. The second kappa shape index (κ2) is 6.78. The van der Waals surface area contributed by atoms with Gasteiger partial charge in [-0.1, -0.05) is 30.3 Å². The fraction of sp³-hybridized carbons (Fsp3) is 0.375. The first-order valence-corrected chi connectivity index (χ1v) is 8.49. The van der Waals surface area contributed by atoms with E-state index in [1.807, 2.05) is 6.07 Å². The maximum atomic E-state index is 11.8. The summed E-state index contributed by atoms with van der Waals surface area (Å²) in [6.45, 7) is 6.00. The molecular formula is C16H19IN4O. The minimum atomic E-state index is -0.0653. The van der Waals surface area contributed by atoms with Gasteiger partial charge in [0.2, 0.25) is 0 Å². The number of nitrogens with one attached hydrogen (secondary N) is 1. The molecule has 0 spiro atoms. The van der Waals surface area contributed by atoms with E-state index in [0.717, 1.165) is 32.0 Å². The van der Waals surface area contributed by atoms with Gasteiger partial charge in [-0.2, -0.15) is 0 Å². The van der Waals surface area contributed by atoms with Crippen LogP contribution in [0.2, 0.25) is 0 Å². The zero-order valence-electron chi connectivity index (χ0n) is 12.5. The van der Waals surface area contributed by atoms with E-state index in [2.05, 4.69) is 73.5 Å². The van der Waals surface area contributed by atoms with Gasteiger partial charge in [-0.05, 0) is 35.1 Å². The van der Waals surface area contributed by atoms with Crippen molar-refractivity contribution in [2.24, 2.45) is 0 Å². The Bertz CT molecular complexity index is 688. The van der Waals surface area contributed by atoms with Crippen molar-refractivity contribution >= 4 is 28.4 Å². The molecule has 1 aromatic carbocycles. The highest BCUT2D eigenvalue weighted by molar-refractivity contribution is 14.1. The van der Waals surface area contributed by atoms with E-state index in [-0.39, 0.29) is 5.56 Å². The fourth-order valence-electron chi connectivity index (χ4n) is 2.91. The van der Waals surface area contributed by atoms with Gasteiger partial charge < -0.3 is 9.88 Å². The number of nitrogens with zero attached hydrogens (tertiary/aromatic N) is 3. The van der Waals surface area contributed by atoms with E-state index in [0.29, 0.717) is 9.61 Å². The summed E-state index contributed by atoms with van der Waals surface area (Å²) >= 11 is 2.08. The third kappa shape index (κ3) is 3.33. The highest BCUT2D eigenvalue weighted by Gasteiger charge is 2.26. The number of hydrogen-bond donors (Lipinski definition) is 1. The molecule has 3 rings (SSSR count). The number of hydrogen-bond acceptors (Lipinski definition) is 4. The standard InChI is InChI=1S/C16H19IN4O/c1-12-9-20(10-13-5-3-2-4-6-13)7-8-21(12)15-14(17)16(22)19-11-18-15/h2-6,11-12H,7-10H2,1H3,(H,18,19,22). The zero-order chi connectivity index (χ0) is 15.5. The molecule has 1 aliphatic heterocycles. The summed E-state index contributed by atoms with van der Waals surface area (Å²) in [5.41, 5.74) is 1.27. The van der Waals surface area contributed by atoms with Crippen LogP contribution in [0.15, 0.2) is 41.5 Å². The molecule has 0 radical (unpaired) electrons. The fourth-order valence-corrected chi connectivity index (χ4v) is 3.51. The van der Waals surface area contributed by atoms with Gasteiger partial charge in [0.25, 0.3) is 5.56 Å². The lowest BCUT2D eigenvalue weighted by Gasteiger charge is -2.40. The molecular weight excluding hydrogens is 391 g/mol. The van der Waals surface area contributed by atoms with Crippen molar-refractivity contribution in [3.8, 4) is 0 Å². The molecule has 2 heterocycles. The molecule has 0 bridgehead atoms. The Morgan fingerprint density at radius 2 is 2.09 bits per heavy atom. The van der Waals surface area contributed by atoms with Crippen molar-refractivity contribution in [3.63, 3.8) is 0 Å². The topological polar surface area (TPSA) is 52.2 Å². The normalized spacial score (nSPS) is 19.4. The van der Waals surface area contributed by atoms with Gasteiger partial charge in [0.05, 0.1) is 6.33 Å². The summed E-state index contributed by atoms with van der Waals surface area (Å²) in [6.07, 6.45) is 1.49. The molecule has 116 valence electrons. The van der Waals surface area contributed by atoms with Gasteiger partial charge in [0, 0.05) is 32.2 Å². The summed E-state index contributed by atoms with van der Waals surface area (Å²) in [5, 5.41) is 0. The molecule has 1 fully saturated rings. The predicted molar refractivity (Wildman–Crippen MR) is 96.1 cm³/mol. The maximum absolute atomic E-state index is 11.8. The second-order valence-electron chi connectivity index (χ2n) is 5.63. The largest absolute Gasteiger partial charge is 0.350 e. The number of benzene rings is 1. The van der Waals surface area contributed by atoms with Crippen molar-refractivity contribution in [2.75, 3.05) is 24.5 Å². The molecule has 1 unspecified atom stereocenters. The van der Waals surface area contributed by atoms with Crippen LogP contribution in [0.25, 0.3) is 0 Å². The van der Waals surface area contributed by atoms with Crippen LogP contribution in [0.1, 0.15) is 12.5 Å². The molecule has 1 N–H and O–H groups in total. The summed E-state index contributed by atoms with van der Waals surface area (Å²) < 4.78 is 0.670. The van der Waals surface area contributed by atoms with Gasteiger partial charge in [-0.15, -0.1) is 0 Å². The van der Waals surface area contributed by atoms with Crippen molar-refractivity contribution in [1.29, 1.82) is 0 Å². The quantitative estimate of drug-likeness (QED) is 0.788. The Morgan fingerprint density at radius 1 is 1.32 bits per heavy atom. The predicted octanol–water partition coefficient (Wildman–Crippen LogP) is 2.09. The highest BCUT2D eigenvalue weighted by Crippen LogP contribution is 2.22. The summed E-state index contributed by atoms with van der Waals surface area (Å²) in [7, 11) is 0. The Kier molecular flexibility index (Phi) is 4.77. The van der Waals surface area contributed by atoms with Crippen LogP contribution >= 0.6 is 22.6 Å². The molecule has 0 saturated carbocycles. The number of aromatic amines is 1. The van der Waals surface area contributed by atoms with Crippen molar-refractivity contribution in [1.82, 2.24) is 14.9 Å². The number of H-pyrrole nitrogens is 1. The molecule has 1 saturated heterocycles. The van der Waals surface area contributed by atoms with E-state index in [4.69, 9.17) is 0 Å². The summed E-state index contributed by atoms with van der Waals surface area (Å²) in [5.74, 6) is 0.802. The minimum Gasteiger partial charge on any atom is -0.350 e. The lowest BCUT2D eigenvalue weighted by atomic mass is 10.1. The average molecular weight is 410 g/mol. The van der Waals surface area contributed by atoms with E-state index in [1.54, 1.807) is 0 Å². The summed E-state index contributed by atoms with van der Waals surface area (Å²) in [6, 6.07) is 10.9. The average Bonchev–Trinajstić information content (AvgIpc) is 2.52. The first-order valence-electron chi connectivity index (χ1n) is 7.41. The van der Waals surface area contributed by atoms with Crippen LogP contribution in [0, 0.1) is 3.57 Å². The van der Waals surface area contributed by atoms with Gasteiger partial charge in [0.1, 0.15) is 9.39 Å². The smallest absolute Gasteiger partial charge is 0.266 e. The van der Waals surface area contributed by atoms with E-state index < -0.39 is 0 Å². The molecule has 2 aromatic rings. The Labute approximate surface area is 143 Å². The van der Waals surface area contributed by atoms with Crippen LogP contribution < -0.4 is 10.5 Å². The van der Waals surface area contributed by atoms with E-state index in [9.17, 15) is 4.79 Å². The van der Waals surface area contributed by atoms with Crippen LogP contribution in [0.4, 0.5) is 5.82 Å².